The summed E-state index contributed by atoms with van der Waals surface area (Å²) in [5.74, 6) is 0.993. The van der Waals surface area contributed by atoms with Gasteiger partial charge < -0.3 is 25.3 Å². The molecule has 3 N–H and O–H groups in total. The van der Waals surface area contributed by atoms with Crippen LogP contribution in [0.25, 0.3) is 0 Å². The molecule has 2 rings (SSSR count). The molecule has 0 saturated carbocycles. The number of hydrogen-bond acceptors (Lipinski definition) is 4. The highest BCUT2D eigenvalue weighted by Gasteiger charge is 2.30. The van der Waals surface area contributed by atoms with Gasteiger partial charge in [-0.15, -0.1) is 13.2 Å². The highest BCUT2D eigenvalue weighted by molar-refractivity contribution is 5.92. The molecule has 0 aromatic heterocycles. The second-order valence-corrected chi connectivity index (χ2v) is 5.50. The maximum Gasteiger partial charge on any atom is 0.573 e. The number of ether oxygens (including phenoxy) is 3. The van der Waals surface area contributed by atoms with Gasteiger partial charge >= 0.3 is 6.36 Å². The Bertz CT molecular complexity index is 764. The fraction of sp³-hybridized carbons (Fsp3) is 0.278. The lowest BCUT2D eigenvalue weighted by molar-refractivity contribution is -0.274. The van der Waals surface area contributed by atoms with Crippen molar-refractivity contribution in [1.29, 1.82) is 0 Å². The van der Waals surface area contributed by atoms with Crippen molar-refractivity contribution in [2.24, 2.45) is 10.7 Å². The average molecular weight is 383 g/mol. The number of alkyl halides is 3. The van der Waals surface area contributed by atoms with E-state index in [9.17, 15) is 13.2 Å². The van der Waals surface area contributed by atoms with Crippen molar-refractivity contribution < 1.29 is 27.4 Å². The molecule has 2 aromatic rings. The van der Waals surface area contributed by atoms with Crippen molar-refractivity contribution in [2.45, 2.75) is 19.4 Å². The predicted molar refractivity (Wildman–Crippen MR) is 96.3 cm³/mol. The molecule has 0 amide bonds. The largest absolute Gasteiger partial charge is 0.573 e. The summed E-state index contributed by atoms with van der Waals surface area (Å²) in [7, 11) is 1.55. The molecule has 0 aliphatic rings. The SMILES string of the molecule is COc1ccccc1OC(C)CN=C(N)Nc1ccc(OC(F)(F)F)cc1. The van der Waals surface area contributed by atoms with Crippen LogP contribution < -0.4 is 25.3 Å². The second-order valence-electron chi connectivity index (χ2n) is 5.50. The molecular formula is C18H20F3N3O3. The van der Waals surface area contributed by atoms with Crippen LogP contribution in [-0.2, 0) is 0 Å². The molecular weight excluding hydrogens is 363 g/mol. The van der Waals surface area contributed by atoms with Gasteiger partial charge in [-0.05, 0) is 43.3 Å². The Balaban J connectivity index is 1.88. The van der Waals surface area contributed by atoms with E-state index in [1.54, 1.807) is 19.2 Å². The van der Waals surface area contributed by atoms with Gasteiger partial charge in [0, 0.05) is 5.69 Å². The molecule has 0 aliphatic heterocycles. The zero-order chi connectivity index (χ0) is 19.9. The fourth-order valence-electron chi connectivity index (χ4n) is 2.12. The van der Waals surface area contributed by atoms with Crippen LogP contribution in [0.2, 0.25) is 0 Å². The molecule has 146 valence electrons. The van der Waals surface area contributed by atoms with Crippen LogP contribution in [0.5, 0.6) is 17.2 Å². The smallest absolute Gasteiger partial charge is 0.493 e. The fourth-order valence-corrected chi connectivity index (χ4v) is 2.12. The first-order valence-corrected chi connectivity index (χ1v) is 7.99. The van der Waals surface area contributed by atoms with Gasteiger partial charge in [-0.25, -0.2) is 4.99 Å². The van der Waals surface area contributed by atoms with E-state index < -0.39 is 6.36 Å². The number of rotatable bonds is 7. The molecule has 0 spiro atoms. The van der Waals surface area contributed by atoms with E-state index in [1.165, 1.54) is 24.3 Å². The third-order valence-electron chi connectivity index (χ3n) is 3.28. The molecule has 6 nitrogen and oxygen atoms in total. The number of para-hydroxylation sites is 2. The number of nitrogens with one attached hydrogen (secondary N) is 1. The van der Waals surface area contributed by atoms with E-state index in [2.05, 4.69) is 15.0 Å². The van der Waals surface area contributed by atoms with E-state index in [4.69, 9.17) is 15.2 Å². The first kappa shape index (κ1) is 20.2. The highest BCUT2D eigenvalue weighted by atomic mass is 19.4. The zero-order valence-electron chi connectivity index (χ0n) is 14.8. The van der Waals surface area contributed by atoms with Gasteiger partial charge in [-0.1, -0.05) is 12.1 Å². The van der Waals surface area contributed by atoms with E-state index in [1.807, 2.05) is 19.1 Å². The van der Waals surface area contributed by atoms with Gasteiger partial charge in [0.15, 0.2) is 17.5 Å². The first-order valence-electron chi connectivity index (χ1n) is 7.99. The summed E-state index contributed by atoms with van der Waals surface area (Å²) in [5, 5.41) is 2.78. The van der Waals surface area contributed by atoms with Crippen LogP contribution in [0.1, 0.15) is 6.92 Å². The second kappa shape index (κ2) is 9.02. The summed E-state index contributed by atoms with van der Waals surface area (Å²) < 4.78 is 51.2. The quantitative estimate of drug-likeness (QED) is 0.562. The third kappa shape index (κ3) is 6.96. The van der Waals surface area contributed by atoms with Gasteiger partial charge in [0.1, 0.15) is 11.9 Å². The maximum atomic E-state index is 12.1. The van der Waals surface area contributed by atoms with E-state index in [-0.39, 0.29) is 24.4 Å². The molecule has 0 saturated heterocycles. The first-order chi connectivity index (χ1) is 12.8. The topological polar surface area (TPSA) is 78.1 Å². The normalized spacial score (nSPS) is 13.0. The number of halogens is 3. The standard InChI is InChI=1S/C18H20F3N3O3/c1-12(26-16-6-4-3-5-15(16)25-2)11-23-17(22)24-13-7-9-14(10-8-13)27-18(19,20)21/h3-10,12H,11H2,1-2H3,(H3,22,23,24). The van der Waals surface area contributed by atoms with Gasteiger partial charge in [0.25, 0.3) is 0 Å². The number of methoxy groups -OCH3 is 1. The van der Waals surface area contributed by atoms with Crippen LogP contribution in [0, 0.1) is 0 Å². The van der Waals surface area contributed by atoms with Gasteiger partial charge in [-0.2, -0.15) is 0 Å². The predicted octanol–water partition coefficient (Wildman–Crippen LogP) is 3.79. The van der Waals surface area contributed by atoms with Crippen LogP contribution in [0.3, 0.4) is 0 Å². The lowest BCUT2D eigenvalue weighted by Gasteiger charge is -2.15. The highest BCUT2D eigenvalue weighted by Crippen LogP contribution is 2.27. The summed E-state index contributed by atoms with van der Waals surface area (Å²) >= 11 is 0. The van der Waals surface area contributed by atoms with Crippen molar-refractivity contribution in [3.8, 4) is 17.2 Å². The Hall–Kier alpha value is -3.10. The van der Waals surface area contributed by atoms with Crippen LogP contribution in [0.15, 0.2) is 53.5 Å². The molecule has 0 fully saturated rings. The molecule has 27 heavy (non-hydrogen) atoms. The van der Waals surface area contributed by atoms with Gasteiger partial charge in [0.05, 0.1) is 13.7 Å². The number of benzene rings is 2. The molecule has 0 heterocycles. The molecule has 0 bridgehead atoms. The number of aliphatic imine (C=N–C) groups is 1. The van der Waals surface area contributed by atoms with Crippen molar-refractivity contribution in [3.63, 3.8) is 0 Å². The molecule has 0 aliphatic carbocycles. The molecule has 9 heteroatoms. The lowest BCUT2D eigenvalue weighted by atomic mass is 10.3. The van der Waals surface area contributed by atoms with Gasteiger partial charge in [0.2, 0.25) is 0 Å². The molecule has 0 radical (unpaired) electrons. The van der Waals surface area contributed by atoms with Crippen molar-refractivity contribution in [2.75, 3.05) is 19.0 Å². The van der Waals surface area contributed by atoms with Crippen LogP contribution >= 0.6 is 0 Å². The van der Waals surface area contributed by atoms with E-state index in [0.29, 0.717) is 17.2 Å². The average Bonchev–Trinajstić information content (AvgIpc) is 2.61. The number of nitrogens with two attached hydrogens (primary N) is 1. The minimum Gasteiger partial charge on any atom is -0.493 e. The van der Waals surface area contributed by atoms with Crippen LogP contribution in [-0.4, -0.2) is 32.1 Å². The third-order valence-corrected chi connectivity index (χ3v) is 3.28. The van der Waals surface area contributed by atoms with E-state index >= 15 is 0 Å². The Morgan fingerprint density at radius 1 is 1.11 bits per heavy atom. The molecule has 1 unspecified atom stereocenters. The maximum absolute atomic E-state index is 12.1. The van der Waals surface area contributed by atoms with Crippen molar-refractivity contribution in [1.82, 2.24) is 0 Å². The zero-order valence-corrected chi connectivity index (χ0v) is 14.8. The summed E-state index contributed by atoms with van der Waals surface area (Å²) in [6, 6.07) is 12.4. The Kier molecular flexibility index (Phi) is 6.75. The molecule has 1 atom stereocenters. The monoisotopic (exact) mass is 383 g/mol. The Morgan fingerprint density at radius 3 is 2.33 bits per heavy atom. The van der Waals surface area contributed by atoms with Gasteiger partial charge in [-0.3, -0.25) is 0 Å². The summed E-state index contributed by atoms with van der Waals surface area (Å²) in [4.78, 5) is 4.16. The van der Waals surface area contributed by atoms with E-state index in [0.717, 1.165) is 0 Å². The van der Waals surface area contributed by atoms with Crippen molar-refractivity contribution in [3.05, 3.63) is 48.5 Å². The Labute approximate surface area is 154 Å². The minimum atomic E-state index is -4.73. The number of hydrogen-bond donors (Lipinski definition) is 2. The summed E-state index contributed by atoms with van der Waals surface area (Å²) in [6.07, 6.45) is -5.00. The summed E-state index contributed by atoms with van der Waals surface area (Å²) in [5.41, 5.74) is 6.27. The summed E-state index contributed by atoms with van der Waals surface area (Å²) in [6.45, 7) is 2.10. The molecule has 2 aromatic carbocycles. The van der Waals surface area contributed by atoms with Crippen LogP contribution in [0.4, 0.5) is 18.9 Å². The lowest BCUT2D eigenvalue weighted by Crippen LogP contribution is -2.25. The van der Waals surface area contributed by atoms with Crippen molar-refractivity contribution >= 4 is 11.6 Å². The minimum absolute atomic E-state index is 0.106. The number of nitrogens with zero attached hydrogens (tertiary/aromatic N) is 1. The number of anilines is 1. The Morgan fingerprint density at radius 2 is 1.74 bits per heavy atom. The number of guanidine groups is 1.